The lowest BCUT2D eigenvalue weighted by molar-refractivity contribution is -0.151. The van der Waals surface area contributed by atoms with Crippen molar-refractivity contribution < 1.29 is 9.59 Å². The Morgan fingerprint density at radius 2 is 1.12 bits per heavy atom. The molecule has 0 aliphatic carbocycles. The molecule has 0 aromatic carbocycles. The van der Waals surface area contributed by atoms with Crippen molar-refractivity contribution in [3.05, 3.63) is 0 Å². The normalized spacial score (nSPS) is 23.0. The van der Waals surface area contributed by atoms with Gasteiger partial charge in [-0.25, -0.2) is 0 Å². The molecule has 1 aliphatic heterocycles. The summed E-state index contributed by atoms with van der Waals surface area (Å²) in [5.41, 5.74) is 0. The molecule has 152 valence electrons. The minimum Gasteiger partial charge on any atom is -0.336 e. The van der Waals surface area contributed by atoms with Crippen LogP contribution in [0.5, 0.6) is 0 Å². The number of hydrogen-bond donors (Lipinski definition) is 0. The van der Waals surface area contributed by atoms with Crippen LogP contribution in [-0.4, -0.2) is 46.8 Å². The first-order valence-corrected chi connectivity index (χ1v) is 11.0. The van der Waals surface area contributed by atoms with E-state index in [-0.39, 0.29) is 23.9 Å². The van der Waals surface area contributed by atoms with Gasteiger partial charge >= 0.3 is 0 Å². The first kappa shape index (κ1) is 23.0. The number of rotatable bonds is 10. The van der Waals surface area contributed by atoms with E-state index in [4.69, 9.17) is 0 Å². The van der Waals surface area contributed by atoms with Gasteiger partial charge in [-0.1, -0.05) is 53.4 Å². The smallest absolute Gasteiger partial charge is 0.226 e. The molecule has 0 N–H and O–H groups in total. The monoisotopic (exact) mass is 366 g/mol. The van der Waals surface area contributed by atoms with Crippen LogP contribution < -0.4 is 0 Å². The first-order valence-electron chi connectivity index (χ1n) is 11.0. The average molecular weight is 367 g/mol. The third-order valence-corrected chi connectivity index (χ3v) is 6.05. The summed E-state index contributed by atoms with van der Waals surface area (Å²) in [7, 11) is 0. The summed E-state index contributed by atoms with van der Waals surface area (Å²) in [5, 5.41) is 0. The maximum absolute atomic E-state index is 13.0. The van der Waals surface area contributed by atoms with E-state index in [9.17, 15) is 9.59 Å². The largest absolute Gasteiger partial charge is 0.336 e. The lowest BCUT2D eigenvalue weighted by Gasteiger charge is -2.46. The standard InChI is InChI=1S/C22H42N2O2/c1-7-11-13-19(9-3)21(25)23-15-18(6)24(16-17(23)5)22(26)20(10-4)14-12-8-2/h17-20H,7-16H2,1-6H3/t17-,18+,19-,20-/m1/s1. The summed E-state index contributed by atoms with van der Waals surface area (Å²) in [6.07, 6.45) is 8.29. The molecule has 1 rings (SSSR count). The highest BCUT2D eigenvalue weighted by Gasteiger charge is 2.37. The molecule has 0 saturated carbocycles. The molecule has 1 heterocycles. The van der Waals surface area contributed by atoms with E-state index in [0.29, 0.717) is 24.9 Å². The van der Waals surface area contributed by atoms with Crippen LogP contribution in [0.3, 0.4) is 0 Å². The SMILES string of the molecule is CCCC[C@@H](CC)C(=O)N1C[C@H](C)N(C(=O)[C@H](CC)CCCC)C[C@H]1C. The fraction of sp³-hybridized carbons (Fsp3) is 0.909. The summed E-state index contributed by atoms with van der Waals surface area (Å²) in [6, 6.07) is 0.226. The number of piperazine rings is 1. The number of unbranched alkanes of at least 4 members (excludes halogenated alkanes) is 2. The van der Waals surface area contributed by atoms with E-state index in [1.54, 1.807) is 0 Å². The Labute approximate surface area is 161 Å². The van der Waals surface area contributed by atoms with Crippen molar-refractivity contribution in [2.24, 2.45) is 11.8 Å². The molecule has 1 aliphatic rings. The summed E-state index contributed by atoms with van der Waals surface area (Å²) in [6.45, 7) is 14.1. The Morgan fingerprint density at radius 1 is 0.769 bits per heavy atom. The van der Waals surface area contributed by atoms with Gasteiger partial charge in [-0.05, 0) is 39.5 Å². The second kappa shape index (κ2) is 11.6. The maximum Gasteiger partial charge on any atom is 0.226 e. The topological polar surface area (TPSA) is 40.6 Å². The lowest BCUT2D eigenvalue weighted by Crippen LogP contribution is -2.61. The van der Waals surface area contributed by atoms with Crippen LogP contribution in [0.2, 0.25) is 0 Å². The molecule has 1 fully saturated rings. The summed E-state index contributed by atoms with van der Waals surface area (Å²) in [4.78, 5) is 30.1. The summed E-state index contributed by atoms with van der Waals surface area (Å²) in [5.74, 6) is 0.871. The maximum atomic E-state index is 13.0. The third kappa shape index (κ3) is 5.99. The van der Waals surface area contributed by atoms with Gasteiger partial charge in [-0.2, -0.15) is 0 Å². The number of carbonyl (C=O) groups excluding carboxylic acids is 2. The fourth-order valence-electron chi connectivity index (χ4n) is 4.12. The van der Waals surface area contributed by atoms with Crippen LogP contribution in [0, 0.1) is 11.8 Å². The van der Waals surface area contributed by atoms with Crippen molar-refractivity contribution in [1.82, 2.24) is 9.80 Å². The number of nitrogens with zero attached hydrogens (tertiary/aromatic N) is 2. The van der Waals surface area contributed by atoms with E-state index >= 15 is 0 Å². The van der Waals surface area contributed by atoms with Crippen molar-refractivity contribution in [2.45, 2.75) is 105 Å². The number of hydrogen-bond acceptors (Lipinski definition) is 2. The zero-order valence-electron chi connectivity index (χ0n) is 18.1. The average Bonchev–Trinajstić information content (AvgIpc) is 2.64. The lowest BCUT2D eigenvalue weighted by atomic mass is 9.94. The van der Waals surface area contributed by atoms with Gasteiger partial charge in [0.15, 0.2) is 0 Å². The Hall–Kier alpha value is -1.06. The molecular weight excluding hydrogens is 324 g/mol. The van der Waals surface area contributed by atoms with Crippen LogP contribution in [0.4, 0.5) is 0 Å². The van der Waals surface area contributed by atoms with Gasteiger partial charge in [0.05, 0.1) is 0 Å². The molecule has 4 atom stereocenters. The van der Waals surface area contributed by atoms with Crippen LogP contribution in [0.15, 0.2) is 0 Å². The van der Waals surface area contributed by atoms with Gasteiger partial charge in [-0.15, -0.1) is 0 Å². The Bertz CT molecular complexity index is 398. The number of carbonyl (C=O) groups is 2. The van der Waals surface area contributed by atoms with Crippen LogP contribution in [-0.2, 0) is 9.59 Å². The Balaban J connectivity index is 2.76. The molecule has 1 saturated heterocycles. The second-order valence-corrected chi connectivity index (χ2v) is 8.17. The minimum absolute atomic E-state index is 0.113. The predicted octanol–water partition coefficient (Wildman–Crippen LogP) is 4.87. The van der Waals surface area contributed by atoms with Crippen LogP contribution in [0.25, 0.3) is 0 Å². The van der Waals surface area contributed by atoms with Crippen molar-refractivity contribution in [3.63, 3.8) is 0 Å². The molecule has 4 nitrogen and oxygen atoms in total. The van der Waals surface area contributed by atoms with Gasteiger partial charge in [0, 0.05) is 37.0 Å². The molecular formula is C22H42N2O2. The van der Waals surface area contributed by atoms with Gasteiger partial charge < -0.3 is 9.80 Å². The zero-order chi connectivity index (χ0) is 19.7. The molecule has 0 radical (unpaired) electrons. The van der Waals surface area contributed by atoms with Crippen LogP contribution >= 0.6 is 0 Å². The molecule has 26 heavy (non-hydrogen) atoms. The summed E-state index contributed by atoms with van der Waals surface area (Å²) >= 11 is 0. The fourth-order valence-corrected chi connectivity index (χ4v) is 4.12. The molecule has 0 unspecified atom stereocenters. The van der Waals surface area contributed by atoms with Crippen molar-refractivity contribution in [1.29, 1.82) is 0 Å². The van der Waals surface area contributed by atoms with Gasteiger partial charge in [0.25, 0.3) is 0 Å². The van der Waals surface area contributed by atoms with E-state index in [2.05, 4.69) is 41.5 Å². The quantitative estimate of drug-likeness (QED) is 0.553. The Kier molecular flexibility index (Phi) is 10.3. The van der Waals surface area contributed by atoms with Gasteiger partial charge in [0.1, 0.15) is 0 Å². The first-order chi connectivity index (χ1) is 12.4. The highest BCUT2D eigenvalue weighted by atomic mass is 16.2. The van der Waals surface area contributed by atoms with Crippen molar-refractivity contribution in [2.75, 3.05) is 13.1 Å². The van der Waals surface area contributed by atoms with E-state index < -0.39 is 0 Å². The second-order valence-electron chi connectivity index (χ2n) is 8.17. The summed E-state index contributed by atoms with van der Waals surface area (Å²) < 4.78 is 0. The molecule has 0 aromatic rings. The van der Waals surface area contributed by atoms with Gasteiger partial charge in [0.2, 0.25) is 11.8 Å². The zero-order valence-corrected chi connectivity index (χ0v) is 18.1. The van der Waals surface area contributed by atoms with Crippen molar-refractivity contribution >= 4 is 11.8 Å². The van der Waals surface area contributed by atoms with Crippen LogP contribution in [0.1, 0.15) is 92.9 Å². The van der Waals surface area contributed by atoms with E-state index in [0.717, 1.165) is 51.4 Å². The highest BCUT2D eigenvalue weighted by molar-refractivity contribution is 5.81. The predicted molar refractivity (Wildman–Crippen MR) is 109 cm³/mol. The molecule has 0 bridgehead atoms. The molecule has 0 aromatic heterocycles. The van der Waals surface area contributed by atoms with E-state index in [1.807, 2.05) is 9.80 Å². The number of amides is 2. The molecule has 0 spiro atoms. The minimum atomic E-state index is 0.113. The highest BCUT2D eigenvalue weighted by Crippen LogP contribution is 2.25. The van der Waals surface area contributed by atoms with E-state index in [1.165, 1.54) is 0 Å². The molecule has 4 heteroatoms. The van der Waals surface area contributed by atoms with Gasteiger partial charge in [-0.3, -0.25) is 9.59 Å². The molecule has 2 amide bonds. The van der Waals surface area contributed by atoms with Crippen molar-refractivity contribution in [3.8, 4) is 0 Å². The Morgan fingerprint density at radius 3 is 1.38 bits per heavy atom. The third-order valence-electron chi connectivity index (χ3n) is 6.05.